The van der Waals surface area contributed by atoms with Gasteiger partial charge >= 0.3 is 0 Å². The Morgan fingerprint density at radius 3 is 2.92 bits per heavy atom. The maximum atomic E-state index is 5.43. The summed E-state index contributed by atoms with van der Waals surface area (Å²) in [5.74, 6) is 0.831. The Labute approximate surface area is 78.5 Å². The van der Waals surface area contributed by atoms with Gasteiger partial charge < -0.3 is 9.47 Å². The van der Waals surface area contributed by atoms with Gasteiger partial charge in [0.15, 0.2) is 5.75 Å². The molecular formula is C9H16N2O2. The molecule has 0 aromatic carbocycles. The molecule has 4 heteroatoms. The van der Waals surface area contributed by atoms with E-state index in [1.165, 1.54) is 0 Å². The van der Waals surface area contributed by atoms with Gasteiger partial charge in [-0.05, 0) is 6.92 Å². The van der Waals surface area contributed by atoms with Crippen molar-refractivity contribution in [3.8, 4) is 5.75 Å². The molecule has 0 atom stereocenters. The normalized spacial score (nSPS) is 10.3. The number of rotatable bonds is 6. The third kappa shape index (κ3) is 3.46. The fraction of sp³-hybridized carbons (Fsp3) is 0.667. The first-order valence-electron chi connectivity index (χ1n) is 4.51. The molecule has 13 heavy (non-hydrogen) atoms. The second kappa shape index (κ2) is 5.59. The molecule has 0 radical (unpaired) electrons. The number of aryl methyl sites for hydroxylation is 1. The summed E-state index contributed by atoms with van der Waals surface area (Å²) < 4.78 is 12.2. The lowest BCUT2D eigenvalue weighted by Crippen LogP contribution is -2.00. The zero-order chi connectivity index (χ0) is 9.52. The minimum atomic E-state index is 0.684. The topological polar surface area (TPSA) is 36.3 Å². The van der Waals surface area contributed by atoms with Crippen molar-refractivity contribution in [2.45, 2.75) is 19.9 Å². The van der Waals surface area contributed by atoms with E-state index in [-0.39, 0.29) is 0 Å². The van der Waals surface area contributed by atoms with Crippen LogP contribution in [0.15, 0.2) is 12.4 Å². The molecule has 0 aliphatic rings. The van der Waals surface area contributed by atoms with Crippen molar-refractivity contribution in [1.29, 1.82) is 0 Å². The number of nitrogens with zero attached hydrogens (tertiary/aromatic N) is 2. The van der Waals surface area contributed by atoms with Crippen LogP contribution in [0.25, 0.3) is 0 Å². The molecule has 4 nitrogen and oxygen atoms in total. The lowest BCUT2D eigenvalue weighted by atomic mass is 10.5. The van der Waals surface area contributed by atoms with E-state index in [0.717, 1.165) is 25.3 Å². The van der Waals surface area contributed by atoms with Crippen molar-refractivity contribution in [2.75, 3.05) is 20.3 Å². The highest BCUT2D eigenvalue weighted by Gasteiger charge is 1.96. The molecule has 0 amide bonds. The maximum Gasteiger partial charge on any atom is 0.157 e. The molecular weight excluding hydrogens is 168 g/mol. The summed E-state index contributed by atoms with van der Waals surface area (Å²) in [4.78, 5) is 0. The summed E-state index contributed by atoms with van der Waals surface area (Å²) in [6.07, 6.45) is 4.54. The van der Waals surface area contributed by atoms with E-state index in [0.29, 0.717) is 6.61 Å². The van der Waals surface area contributed by atoms with E-state index in [1.807, 2.05) is 17.8 Å². The predicted octanol–water partition coefficient (Wildman–Crippen LogP) is 1.32. The molecule has 1 rings (SSSR count). The van der Waals surface area contributed by atoms with Gasteiger partial charge in [0.2, 0.25) is 0 Å². The van der Waals surface area contributed by atoms with Gasteiger partial charge in [0, 0.05) is 26.7 Å². The first-order chi connectivity index (χ1) is 6.36. The molecule has 0 aliphatic carbocycles. The van der Waals surface area contributed by atoms with Crippen LogP contribution in [0.3, 0.4) is 0 Å². The van der Waals surface area contributed by atoms with Gasteiger partial charge in [-0.15, -0.1) is 0 Å². The number of hydrogen-bond donors (Lipinski definition) is 0. The summed E-state index contributed by atoms with van der Waals surface area (Å²) in [7, 11) is 1.69. The highest BCUT2D eigenvalue weighted by molar-refractivity contribution is 5.11. The summed E-state index contributed by atoms with van der Waals surface area (Å²) >= 11 is 0. The Morgan fingerprint density at radius 2 is 2.31 bits per heavy atom. The van der Waals surface area contributed by atoms with Crippen LogP contribution in [-0.2, 0) is 11.3 Å². The fourth-order valence-electron chi connectivity index (χ4n) is 0.985. The molecule has 1 aromatic rings. The van der Waals surface area contributed by atoms with Gasteiger partial charge in [-0.3, -0.25) is 4.68 Å². The van der Waals surface area contributed by atoms with E-state index in [1.54, 1.807) is 13.3 Å². The fourth-order valence-corrected chi connectivity index (χ4v) is 0.985. The molecule has 0 saturated heterocycles. The lowest BCUT2D eigenvalue weighted by Gasteiger charge is -2.01. The van der Waals surface area contributed by atoms with E-state index in [9.17, 15) is 0 Å². The van der Waals surface area contributed by atoms with Crippen LogP contribution < -0.4 is 4.74 Å². The summed E-state index contributed by atoms with van der Waals surface area (Å²) in [5, 5.41) is 4.09. The van der Waals surface area contributed by atoms with Crippen LogP contribution in [0.4, 0.5) is 0 Å². The SMILES string of the molecule is CCn1cc(OCCCOC)cn1. The van der Waals surface area contributed by atoms with E-state index < -0.39 is 0 Å². The molecule has 0 aliphatic heterocycles. The average molecular weight is 184 g/mol. The monoisotopic (exact) mass is 184 g/mol. The van der Waals surface area contributed by atoms with E-state index in [4.69, 9.17) is 9.47 Å². The van der Waals surface area contributed by atoms with Crippen LogP contribution in [0, 0.1) is 0 Å². The van der Waals surface area contributed by atoms with Gasteiger partial charge in [0.1, 0.15) is 0 Å². The number of methoxy groups -OCH3 is 1. The zero-order valence-corrected chi connectivity index (χ0v) is 8.19. The number of ether oxygens (including phenoxy) is 2. The summed E-state index contributed by atoms with van der Waals surface area (Å²) in [6.45, 7) is 4.34. The van der Waals surface area contributed by atoms with Gasteiger partial charge in [0.05, 0.1) is 19.0 Å². The van der Waals surface area contributed by atoms with Crippen molar-refractivity contribution in [1.82, 2.24) is 9.78 Å². The molecule has 0 unspecified atom stereocenters. The molecule has 0 saturated carbocycles. The van der Waals surface area contributed by atoms with Gasteiger partial charge in [-0.2, -0.15) is 5.10 Å². The van der Waals surface area contributed by atoms with Crippen molar-refractivity contribution in [3.63, 3.8) is 0 Å². The quantitative estimate of drug-likeness (QED) is 0.625. The zero-order valence-electron chi connectivity index (χ0n) is 8.19. The van der Waals surface area contributed by atoms with Crippen molar-refractivity contribution in [2.24, 2.45) is 0 Å². The van der Waals surface area contributed by atoms with Crippen LogP contribution >= 0.6 is 0 Å². The largest absolute Gasteiger partial charge is 0.490 e. The second-order valence-electron chi connectivity index (χ2n) is 2.73. The standard InChI is InChI=1S/C9H16N2O2/c1-3-11-8-9(7-10-11)13-6-4-5-12-2/h7-8H,3-6H2,1-2H3. The lowest BCUT2D eigenvalue weighted by molar-refractivity contribution is 0.172. The highest BCUT2D eigenvalue weighted by atomic mass is 16.5. The van der Waals surface area contributed by atoms with Gasteiger partial charge in [-0.1, -0.05) is 0 Å². The van der Waals surface area contributed by atoms with Gasteiger partial charge in [-0.25, -0.2) is 0 Å². The van der Waals surface area contributed by atoms with Crippen LogP contribution in [0.5, 0.6) is 5.75 Å². The maximum absolute atomic E-state index is 5.43. The minimum Gasteiger partial charge on any atom is -0.490 e. The highest BCUT2D eigenvalue weighted by Crippen LogP contribution is 2.07. The van der Waals surface area contributed by atoms with Crippen LogP contribution in [0.2, 0.25) is 0 Å². The van der Waals surface area contributed by atoms with Crippen molar-refractivity contribution >= 4 is 0 Å². The Kier molecular flexibility index (Phi) is 4.32. The smallest absolute Gasteiger partial charge is 0.157 e. The average Bonchev–Trinajstić information content (AvgIpc) is 2.60. The Bertz CT molecular complexity index is 235. The third-order valence-electron chi connectivity index (χ3n) is 1.70. The Balaban J connectivity index is 2.20. The summed E-state index contributed by atoms with van der Waals surface area (Å²) in [5.41, 5.74) is 0. The molecule has 0 fully saturated rings. The molecule has 0 N–H and O–H groups in total. The number of hydrogen-bond acceptors (Lipinski definition) is 3. The Hall–Kier alpha value is -1.03. The molecule has 0 spiro atoms. The number of aromatic nitrogens is 2. The first kappa shape index (κ1) is 10.1. The molecule has 1 aromatic heterocycles. The second-order valence-corrected chi connectivity index (χ2v) is 2.73. The molecule has 0 bridgehead atoms. The predicted molar refractivity (Wildman–Crippen MR) is 49.9 cm³/mol. The van der Waals surface area contributed by atoms with Gasteiger partial charge in [0.25, 0.3) is 0 Å². The van der Waals surface area contributed by atoms with E-state index in [2.05, 4.69) is 5.10 Å². The van der Waals surface area contributed by atoms with Crippen molar-refractivity contribution in [3.05, 3.63) is 12.4 Å². The van der Waals surface area contributed by atoms with Crippen LogP contribution in [-0.4, -0.2) is 30.1 Å². The van der Waals surface area contributed by atoms with Crippen LogP contribution in [0.1, 0.15) is 13.3 Å². The molecule has 74 valence electrons. The molecule has 1 heterocycles. The van der Waals surface area contributed by atoms with Crippen molar-refractivity contribution < 1.29 is 9.47 Å². The third-order valence-corrected chi connectivity index (χ3v) is 1.70. The summed E-state index contributed by atoms with van der Waals surface area (Å²) in [6, 6.07) is 0. The Morgan fingerprint density at radius 1 is 1.46 bits per heavy atom. The van der Waals surface area contributed by atoms with E-state index >= 15 is 0 Å². The minimum absolute atomic E-state index is 0.684. The first-order valence-corrected chi connectivity index (χ1v) is 4.51.